The van der Waals surface area contributed by atoms with Crippen molar-refractivity contribution in [2.75, 3.05) is 6.54 Å². The molecule has 1 aliphatic carbocycles. The molecule has 4 nitrogen and oxygen atoms in total. The highest BCUT2D eigenvalue weighted by Gasteiger charge is 2.29. The van der Waals surface area contributed by atoms with Crippen LogP contribution in [-0.4, -0.2) is 28.1 Å². The molecule has 112 valence electrons. The highest BCUT2D eigenvalue weighted by molar-refractivity contribution is 5.88. The van der Waals surface area contributed by atoms with Gasteiger partial charge in [0, 0.05) is 23.6 Å². The molecule has 0 unspecified atom stereocenters. The Kier molecular flexibility index (Phi) is 3.97. The van der Waals surface area contributed by atoms with Crippen molar-refractivity contribution in [3.05, 3.63) is 36.0 Å². The summed E-state index contributed by atoms with van der Waals surface area (Å²) in [6, 6.07) is 7.97. The Bertz CT molecular complexity index is 627. The van der Waals surface area contributed by atoms with Gasteiger partial charge in [0.15, 0.2) is 0 Å². The summed E-state index contributed by atoms with van der Waals surface area (Å²) in [5.74, 6) is -0.0289. The number of aliphatic hydroxyl groups is 1. The maximum absolute atomic E-state index is 12.1. The predicted molar refractivity (Wildman–Crippen MR) is 83.0 cm³/mol. The summed E-state index contributed by atoms with van der Waals surface area (Å²) in [5, 5.41) is 14.4. The zero-order valence-corrected chi connectivity index (χ0v) is 12.2. The molecule has 1 aromatic carbocycles. The van der Waals surface area contributed by atoms with Crippen LogP contribution in [0.25, 0.3) is 10.9 Å². The van der Waals surface area contributed by atoms with Crippen molar-refractivity contribution in [3.63, 3.8) is 0 Å². The third-order valence-electron chi connectivity index (χ3n) is 4.42. The van der Waals surface area contributed by atoms with Gasteiger partial charge in [0.05, 0.1) is 12.0 Å². The summed E-state index contributed by atoms with van der Waals surface area (Å²) in [6.07, 6.45) is 7.11. The van der Waals surface area contributed by atoms with Gasteiger partial charge in [-0.25, -0.2) is 0 Å². The van der Waals surface area contributed by atoms with Crippen molar-refractivity contribution in [2.45, 2.75) is 44.1 Å². The number of aromatic nitrogens is 1. The van der Waals surface area contributed by atoms with Crippen LogP contribution in [0.15, 0.2) is 30.5 Å². The minimum absolute atomic E-state index is 0.0289. The van der Waals surface area contributed by atoms with E-state index in [-0.39, 0.29) is 5.91 Å². The number of para-hydroxylation sites is 1. The molecule has 1 aromatic heterocycles. The van der Waals surface area contributed by atoms with Gasteiger partial charge in [-0.15, -0.1) is 0 Å². The molecule has 0 atom stereocenters. The number of rotatable bonds is 4. The number of H-pyrrole nitrogens is 1. The van der Waals surface area contributed by atoms with Crippen LogP contribution in [0.5, 0.6) is 0 Å². The fourth-order valence-electron chi connectivity index (χ4n) is 3.16. The molecule has 0 bridgehead atoms. The van der Waals surface area contributed by atoms with Crippen molar-refractivity contribution in [1.82, 2.24) is 10.3 Å². The van der Waals surface area contributed by atoms with Gasteiger partial charge in [0.1, 0.15) is 0 Å². The van der Waals surface area contributed by atoms with Crippen LogP contribution in [0.1, 0.15) is 37.7 Å². The number of benzene rings is 1. The van der Waals surface area contributed by atoms with Gasteiger partial charge in [-0.2, -0.15) is 0 Å². The van der Waals surface area contributed by atoms with Gasteiger partial charge in [0.2, 0.25) is 5.91 Å². The molecule has 1 aliphatic rings. The smallest absolute Gasteiger partial charge is 0.224 e. The van der Waals surface area contributed by atoms with Gasteiger partial charge in [-0.05, 0) is 24.5 Å². The van der Waals surface area contributed by atoms with Crippen molar-refractivity contribution in [2.24, 2.45) is 0 Å². The first kappa shape index (κ1) is 14.1. The number of carbonyl (C=O) groups excluding carboxylic acids is 1. The maximum Gasteiger partial charge on any atom is 0.224 e. The average molecular weight is 286 g/mol. The molecular weight excluding hydrogens is 264 g/mol. The second-order valence-corrected chi connectivity index (χ2v) is 6.10. The van der Waals surface area contributed by atoms with Gasteiger partial charge in [-0.1, -0.05) is 37.5 Å². The highest BCUT2D eigenvalue weighted by Crippen LogP contribution is 2.27. The first-order valence-corrected chi connectivity index (χ1v) is 7.70. The van der Waals surface area contributed by atoms with Crippen LogP contribution >= 0.6 is 0 Å². The molecule has 0 spiro atoms. The molecule has 3 N–H and O–H groups in total. The van der Waals surface area contributed by atoms with E-state index >= 15 is 0 Å². The summed E-state index contributed by atoms with van der Waals surface area (Å²) in [6.45, 7) is 0.369. The van der Waals surface area contributed by atoms with E-state index in [0.717, 1.165) is 42.1 Å². The van der Waals surface area contributed by atoms with Crippen molar-refractivity contribution in [3.8, 4) is 0 Å². The van der Waals surface area contributed by atoms with Crippen molar-refractivity contribution >= 4 is 16.8 Å². The number of hydrogen-bond donors (Lipinski definition) is 3. The topological polar surface area (TPSA) is 65.1 Å². The molecule has 0 radical (unpaired) electrons. The first-order valence-electron chi connectivity index (χ1n) is 7.70. The molecule has 4 heteroatoms. The molecule has 0 aliphatic heterocycles. The van der Waals surface area contributed by atoms with Crippen molar-refractivity contribution in [1.29, 1.82) is 0 Å². The SMILES string of the molecule is O=C(Cc1c[nH]c2ccccc12)NCC1(O)CCCCC1. The minimum Gasteiger partial charge on any atom is -0.388 e. The number of nitrogens with one attached hydrogen (secondary N) is 2. The number of amides is 1. The van der Waals surface area contributed by atoms with Crippen LogP contribution in [0.2, 0.25) is 0 Å². The van der Waals surface area contributed by atoms with E-state index < -0.39 is 5.60 Å². The number of aromatic amines is 1. The molecule has 1 heterocycles. The first-order chi connectivity index (χ1) is 10.2. The number of carbonyl (C=O) groups is 1. The van der Waals surface area contributed by atoms with Gasteiger partial charge in [-0.3, -0.25) is 4.79 Å². The van der Waals surface area contributed by atoms with E-state index in [0.29, 0.717) is 13.0 Å². The summed E-state index contributed by atoms with van der Waals surface area (Å²) in [7, 11) is 0. The highest BCUT2D eigenvalue weighted by atomic mass is 16.3. The van der Waals surface area contributed by atoms with Crippen LogP contribution in [0.3, 0.4) is 0 Å². The minimum atomic E-state index is -0.700. The van der Waals surface area contributed by atoms with E-state index in [9.17, 15) is 9.90 Å². The molecule has 21 heavy (non-hydrogen) atoms. The molecule has 3 rings (SSSR count). The average Bonchev–Trinajstić information content (AvgIpc) is 2.90. The van der Waals surface area contributed by atoms with E-state index in [1.807, 2.05) is 30.5 Å². The maximum atomic E-state index is 12.1. The predicted octanol–water partition coefficient (Wildman–Crippen LogP) is 2.52. The summed E-state index contributed by atoms with van der Waals surface area (Å²) in [4.78, 5) is 15.3. The second kappa shape index (κ2) is 5.90. The van der Waals surface area contributed by atoms with Crippen molar-refractivity contribution < 1.29 is 9.90 Å². The van der Waals surface area contributed by atoms with Gasteiger partial charge < -0.3 is 15.4 Å². The van der Waals surface area contributed by atoms with E-state index in [1.165, 1.54) is 6.42 Å². The van der Waals surface area contributed by atoms with E-state index in [1.54, 1.807) is 0 Å². The van der Waals surface area contributed by atoms with Crippen LogP contribution in [0.4, 0.5) is 0 Å². The fourth-order valence-corrected chi connectivity index (χ4v) is 3.16. The molecule has 1 fully saturated rings. The van der Waals surface area contributed by atoms with Crippen LogP contribution in [-0.2, 0) is 11.2 Å². The van der Waals surface area contributed by atoms with Crippen LogP contribution in [0, 0.1) is 0 Å². The quantitative estimate of drug-likeness (QED) is 0.808. The van der Waals surface area contributed by atoms with E-state index in [4.69, 9.17) is 0 Å². The third-order valence-corrected chi connectivity index (χ3v) is 4.42. The van der Waals surface area contributed by atoms with Crippen LogP contribution < -0.4 is 5.32 Å². The Morgan fingerprint density at radius 2 is 2.00 bits per heavy atom. The molecular formula is C17H22N2O2. The summed E-state index contributed by atoms with van der Waals surface area (Å²) in [5.41, 5.74) is 1.35. The molecule has 1 amide bonds. The van der Waals surface area contributed by atoms with Gasteiger partial charge in [0.25, 0.3) is 0 Å². The Balaban J connectivity index is 1.59. The zero-order chi connectivity index (χ0) is 14.7. The zero-order valence-electron chi connectivity index (χ0n) is 12.2. The largest absolute Gasteiger partial charge is 0.388 e. The van der Waals surface area contributed by atoms with Gasteiger partial charge >= 0.3 is 0 Å². The fraction of sp³-hybridized carbons (Fsp3) is 0.471. The number of fused-ring (bicyclic) bond motifs is 1. The Morgan fingerprint density at radius 3 is 2.81 bits per heavy atom. The number of hydrogen-bond acceptors (Lipinski definition) is 2. The Hall–Kier alpha value is -1.81. The lowest BCUT2D eigenvalue weighted by Crippen LogP contribution is -2.44. The molecule has 0 saturated heterocycles. The second-order valence-electron chi connectivity index (χ2n) is 6.10. The Labute approximate surface area is 124 Å². The summed E-state index contributed by atoms with van der Waals surface area (Å²) < 4.78 is 0. The normalized spacial score (nSPS) is 17.8. The third kappa shape index (κ3) is 3.27. The lowest BCUT2D eigenvalue weighted by molar-refractivity contribution is -0.122. The van der Waals surface area contributed by atoms with E-state index in [2.05, 4.69) is 10.3 Å². The standard InChI is InChI=1S/C17H22N2O2/c20-16(19-12-17(21)8-4-1-5-9-17)10-13-11-18-15-7-3-2-6-14(13)15/h2-3,6-7,11,18,21H,1,4-5,8-10,12H2,(H,19,20). The lowest BCUT2D eigenvalue weighted by atomic mass is 9.85. The monoisotopic (exact) mass is 286 g/mol. The molecule has 1 saturated carbocycles. The molecule has 2 aromatic rings. The Morgan fingerprint density at radius 1 is 1.24 bits per heavy atom. The lowest BCUT2D eigenvalue weighted by Gasteiger charge is -2.32. The summed E-state index contributed by atoms with van der Waals surface area (Å²) >= 11 is 0.